The van der Waals surface area contributed by atoms with Crippen molar-refractivity contribution in [2.24, 2.45) is 0 Å². The van der Waals surface area contributed by atoms with Crippen LogP contribution in [0.1, 0.15) is 45.6 Å². The molecule has 1 aromatic carbocycles. The second kappa shape index (κ2) is 9.37. The van der Waals surface area contributed by atoms with E-state index in [1.807, 2.05) is 0 Å². The molecule has 0 aromatic heterocycles. The number of piperidine rings is 1. The van der Waals surface area contributed by atoms with Gasteiger partial charge in [-0.1, -0.05) is 12.1 Å². The van der Waals surface area contributed by atoms with E-state index in [9.17, 15) is 36.3 Å². The largest absolute Gasteiger partial charge is 0.480 e. The van der Waals surface area contributed by atoms with E-state index in [4.69, 9.17) is 4.74 Å². The van der Waals surface area contributed by atoms with Crippen molar-refractivity contribution in [3.8, 4) is 0 Å². The van der Waals surface area contributed by atoms with E-state index in [0.717, 1.165) is 12.1 Å². The molecule has 0 aliphatic carbocycles. The maximum Gasteiger partial charge on any atom is 0.417 e. The van der Waals surface area contributed by atoms with Crippen molar-refractivity contribution < 1.29 is 41.0 Å². The first-order valence-corrected chi connectivity index (χ1v) is 12.5. The summed E-state index contributed by atoms with van der Waals surface area (Å²) in [6, 6.07) is 2.49. The maximum atomic E-state index is 13.4. The molecule has 2 atom stereocenters. The first-order valence-electron chi connectivity index (χ1n) is 11.0. The topological polar surface area (TPSA) is 104 Å². The van der Waals surface area contributed by atoms with Gasteiger partial charge in [0.15, 0.2) is 9.84 Å². The molecule has 8 nitrogen and oxygen atoms in total. The van der Waals surface area contributed by atoms with E-state index >= 15 is 0 Å². The smallest absolute Gasteiger partial charge is 0.417 e. The molecule has 2 fully saturated rings. The third-order valence-electron chi connectivity index (χ3n) is 6.11. The molecule has 2 aliphatic rings. The number of hydrogen-bond donors (Lipinski definition) is 1. The fourth-order valence-corrected chi connectivity index (χ4v) is 6.45. The van der Waals surface area contributed by atoms with E-state index in [0.29, 0.717) is 32.0 Å². The van der Waals surface area contributed by atoms with Gasteiger partial charge in [-0.3, -0.25) is 9.69 Å². The lowest BCUT2D eigenvalue weighted by atomic mass is 10.0. The van der Waals surface area contributed by atoms with Crippen LogP contribution in [0.3, 0.4) is 0 Å². The van der Waals surface area contributed by atoms with Crippen molar-refractivity contribution in [3.63, 3.8) is 0 Å². The predicted molar refractivity (Wildman–Crippen MR) is 116 cm³/mol. The summed E-state index contributed by atoms with van der Waals surface area (Å²) < 4.78 is 72.0. The van der Waals surface area contributed by atoms with Crippen LogP contribution < -0.4 is 0 Å². The molecule has 190 valence electrons. The molecule has 1 amide bonds. The van der Waals surface area contributed by atoms with Gasteiger partial charge < -0.3 is 14.7 Å². The second-order valence-corrected chi connectivity index (χ2v) is 11.8. The van der Waals surface area contributed by atoms with Crippen molar-refractivity contribution in [3.05, 3.63) is 29.8 Å². The Morgan fingerprint density at radius 3 is 2.21 bits per heavy atom. The van der Waals surface area contributed by atoms with Crippen LogP contribution >= 0.6 is 0 Å². The second-order valence-electron chi connectivity index (χ2n) is 9.65. The summed E-state index contributed by atoms with van der Waals surface area (Å²) in [7, 11) is -4.44. The van der Waals surface area contributed by atoms with E-state index in [1.54, 1.807) is 25.7 Å². The number of carboxylic acid groups (broad SMARTS) is 1. The number of nitrogens with zero attached hydrogens (tertiary/aromatic N) is 2. The van der Waals surface area contributed by atoms with Crippen molar-refractivity contribution in [2.75, 3.05) is 19.6 Å². The Morgan fingerprint density at radius 2 is 1.68 bits per heavy atom. The summed E-state index contributed by atoms with van der Waals surface area (Å²) in [6.07, 6.45) is -4.85. The Balaban J connectivity index is 1.77. The Kier molecular flexibility index (Phi) is 7.24. The van der Waals surface area contributed by atoms with Crippen LogP contribution in [0.2, 0.25) is 0 Å². The first kappa shape index (κ1) is 26.3. The van der Waals surface area contributed by atoms with E-state index in [-0.39, 0.29) is 19.0 Å². The lowest BCUT2D eigenvalue weighted by molar-refractivity contribution is -0.143. The van der Waals surface area contributed by atoms with Crippen LogP contribution in [0.5, 0.6) is 0 Å². The average Bonchev–Trinajstić information content (AvgIpc) is 3.19. The molecule has 0 saturated carbocycles. The van der Waals surface area contributed by atoms with Gasteiger partial charge in [0.2, 0.25) is 0 Å². The molecular formula is C22H29F3N2O6S. The van der Waals surface area contributed by atoms with Gasteiger partial charge in [0, 0.05) is 25.7 Å². The minimum absolute atomic E-state index is 0.192. The van der Waals surface area contributed by atoms with Gasteiger partial charge in [-0.15, -0.1) is 0 Å². The quantitative estimate of drug-likeness (QED) is 0.667. The minimum Gasteiger partial charge on any atom is -0.480 e. The van der Waals surface area contributed by atoms with Gasteiger partial charge >= 0.3 is 18.2 Å². The van der Waals surface area contributed by atoms with Gasteiger partial charge in [-0.2, -0.15) is 13.2 Å². The summed E-state index contributed by atoms with van der Waals surface area (Å²) in [5.74, 6) is -1.23. The number of benzene rings is 1. The lowest BCUT2D eigenvalue weighted by Gasteiger charge is -2.38. The zero-order valence-corrected chi connectivity index (χ0v) is 20.0. The van der Waals surface area contributed by atoms with Crippen molar-refractivity contribution in [1.29, 1.82) is 0 Å². The number of ether oxygens (including phenoxy) is 1. The number of carbonyl (C=O) groups is 2. The fraction of sp³-hybridized carbons (Fsp3) is 0.636. The first-order chi connectivity index (χ1) is 15.6. The summed E-state index contributed by atoms with van der Waals surface area (Å²) in [5.41, 5.74) is -1.92. The SMILES string of the molecule is CC(C)(C)OC(=O)N1CCC(N2CC(S(=O)(=O)c3ccccc3C(F)(F)F)CC2C(=O)O)CC1. The summed E-state index contributed by atoms with van der Waals surface area (Å²) in [5, 5.41) is 8.43. The van der Waals surface area contributed by atoms with E-state index in [2.05, 4.69) is 0 Å². The molecule has 3 rings (SSSR count). The molecule has 2 saturated heterocycles. The highest BCUT2D eigenvalue weighted by molar-refractivity contribution is 7.92. The number of carbonyl (C=O) groups excluding carboxylic acids is 1. The fourth-order valence-electron chi connectivity index (χ4n) is 4.53. The van der Waals surface area contributed by atoms with Gasteiger partial charge in [-0.05, 0) is 52.2 Å². The predicted octanol–water partition coefficient (Wildman–Crippen LogP) is 3.41. The minimum atomic E-state index is -4.86. The highest BCUT2D eigenvalue weighted by atomic mass is 32.2. The van der Waals surface area contributed by atoms with Crippen LogP contribution in [0.15, 0.2) is 29.2 Å². The Labute approximate surface area is 196 Å². The molecule has 34 heavy (non-hydrogen) atoms. The van der Waals surface area contributed by atoms with Crippen LogP contribution in [-0.4, -0.2) is 78.0 Å². The van der Waals surface area contributed by atoms with Crippen molar-refractivity contribution in [2.45, 2.75) is 74.0 Å². The molecule has 0 radical (unpaired) electrons. The molecule has 2 unspecified atom stereocenters. The summed E-state index contributed by atoms with van der Waals surface area (Å²) >= 11 is 0. The third-order valence-corrected chi connectivity index (χ3v) is 8.30. The van der Waals surface area contributed by atoms with Crippen molar-refractivity contribution in [1.82, 2.24) is 9.80 Å². The number of carboxylic acids is 1. The van der Waals surface area contributed by atoms with Gasteiger partial charge in [0.05, 0.1) is 15.7 Å². The summed E-state index contributed by atoms with van der Waals surface area (Å²) in [4.78, 5) is 26.4. The Morgan fingerprint density at radius 1 is 1.09 bits per heavy atom. The summed E-state index contributed by atoms with van der Waals surface area (Å²) in [6.45, 7) is 5.65. The van der Waals surface area contributed by atoms with Crippen LogP contribution in [0, 0.1) is 0 Å². The molecule has 0 spiro atoms. The standard InChI is InChI=1S/C22H29F3N2O6S/c1-21(2,3)33-20(30)26-10-8-14(9-11-26)27-13-15(12-17(27)19(28)29)34(31,32)18-7-5-4-6-16(18)22(23,24)25/h4-7,14-15,17H,8-13H2,1-3H3,(H,28,29). The third kappa shape index (κ3) is 5.65. The highest BCUT2D eigenvalue weighted by Crippen LogP contribution is 2.38. The van der Waals surface area contributed by atoms with Crippen LogP contribution in [0.25, 0.3) is 0 Å². The molecule has 1 aromatic rings. The zero-order chi connectivity index (χ0) is 25.5. The number of rotatable bonds is 4. The molecular weight excluding hydrogens is 477 g/mol. The van der Waals surface area contributed by atoms with E-state index < -0.39 is 55.4 Å². The molecule has 2 heterocycles. The van der Waals surface area contributed by atoms with Gasteiger partial charge in [-0.25, -0.2) is 13.2 Å². The molecule has 2 aliphatic heterocycles. The Bertz CT molecular complexity index is 1030. The number of sulfone groups is 1. The monoisotopic (exact) mass is 506 g/mol. The van der Waals surface area contributed by atoms with Crippen LogP contribution in [-0.2, 0) is 25.5 Å². The number of alkyl halides is 3. The van der Waals surface area contributed by atoms with Gasteiger partial charge in [0.25, 0.3) is 0 Å². The number of halogens is 3. The number of aliphatic carboxylic acids is 1. The number of likely N-dealkylation sites (tertiary alicyclic amines) is 2. The molecule has 12 heteroatoms. The zero-order valence-electron chi connectivity index (χ0n) is 19.2. The average molecular weight is 507 g/mol. The normalized spacial score (nSPS) is 23.2. The number of hydrogen-bond acceptors (Lipinski definition) is 6. The maximum absolute atomic E-state index is 13.4. The van der Waals surface area contributed by atoms with Crippen molar-refractivity contribution >= 4 is 21.9 Å². The Hall–Kier alpha value is -2.34. The van der Waals surface area contributed by atoms with Crippen LogP contribution in [0.4, 0.5) is 18.0 Å². The lowest BCUT2D eigenvalue weighted by Crippen LogP contribution is -2.50. The number of amides is 1. The van der Waals surface area contributed by atoms with Gasteiger partial charge in [0.1, 0.15) is 11.6 Å². The molecule has 1 N–H and O–H groups in total. The molecule has 0 bridgehead atoms. The highest BCUT2D eigenvalue weighted by Gasteiger charge is 2.48. The van der Waals surface area contributed by atoms with E-state index in [1.165, 1.54) is 11.0 Å².